The molecule has 2 heterocycles. The van der Waals surface area contributed by atoms with Crippen molar-refractivity contribution in [1.82, 2.24) is 9.88 Å². The Hall–Kier alpha value is -3.57. The Kier molecular flexibility index (Phi) is 6.00. The monoisotopic (exact) mass is 449 g/mol. The Morgan fingerprint density at radius 3 is 2.70 bits per heavy atom. The molecule has 1 saturated heterocycles. The van der Waals surface area contributed by atoms with Crippen molar-refractivity contribution in [3.63, 3.8) is 0 Å². The molecule has 33 heavy (non-hydrogen) atoms. The number of pyridine rings is 1. The third kappa shape index (κ3) is 4.78. The van der Waals surface area contributed by atoms with E-state index in [0.717, 1.165) is 5.56 Å². The zero-order valence-corrected chi connectivity index (χ0v) is 18.5. The highest BCUT2D eigenvalue weighted by Crippen LogP contribution is 2.41. The number of ketones is 1. The van der Waals surface area contributed by atoms with E-state index in [1.807, 2.05) is 6.07 Å². The van der Waals surface area contributed by atoms with Crippen molar-refractivity contribution < 1.29 is 23.5 Å². The molecular weight excluding hydrogens is 425 g/mol. The highest BCUT2D eigenvalue weighted by Gasteiger charge is 2.48. The third-order valence-corrected chi connectivity index (χ3v) is 5.91. The average molecular weight is 449 g/mol. The molecule has 170 valence electrons. The maximum Gasteiger partial charge on any atom is 0.255 e. The van der Waals surface area contributed by atoms with Crippen LogP contribution in [0, 0.1) is 22.6 Å². The van der Waals surface area contributed by atoms with Gasteiger partial charge in [-0.05, 0) is 36.3 Å². The Morgan fingerprint density at radius 1 is 1.27 bits per heavy atom. The summed E-state index contributed by atoms with van der Waals surface area (Å²) in [6.07, 6.45) is 3.42. The normalized spacial score (nSPS) is 21.9. The summed E-state index contributed by atoms with van der Waals surface area (Å²) in [6, 6.07) is 11.2. The van der Waals surface area contributed by atoms with Crippen LogP contribution in [-0.2, 0) is 16.1 Å². The van der Waals surface area contributed by atoms with Gasteiger partial charge in [0, 0.05) is 24.2 Å². The highest BCUT2D eigenvalue weighted by molar-refractivity contribution is 6.04. The molecule has 0 bridgehead atoms. The number of nitrogens with zero attached hydrogens (tertiary/aromatic N) is 3. The summed E-state index contributed by atoms with van der Waals surface area (Å²) >= 11 is 0. The molecule has 1 aliphatic carbocycles. The molecule has 4 rings (SSSR count). The van der Waals surface area contributed by atoms with E-state index in [2.05, 4.69) is 4.98 Å². The first-order chi connectivity index (χ1) is 15.7. The Balaban J connectivity index is 1.44. The number of aromatic nitrogens is 1. The summed E-state index contributed by atoms with van der Waals surface area (Å²) in [4.78, 5) is 31.5. The van der Waals surface area contributed by atoms with Gasteiger partial charge >= 0.3 is 0 Å². The molecule has 0 radical (unpaired) electrons. The van der Waals surface area contributed by atoms with Crippen LogP contribution in [0.3, 0.4) is 0 Å². The summed E-state index contributed by atoms with van der Waals surface area (Å²) in [5, 5.41) is 9.40. The fourth-order valence-corrected chi connectivity index (χ4v) is 4.34. The first-order valence-electron chi connectivity index (χ1n) is 10.7. The van der Waals surface area contributed by atoms with Crippen LogP contribution in [0.1, 0.15) is 36.2 Å². The van der Waals surface area contributed by atoms with Gasteiger partial charge in [0.25, 0.3) is 5.91 Å². The van der Waals surface area contributed by atoms with Crippen molar-refractivity contribution in [2.24, 2.45) is 5.41 Å². The van der Waals surface area contributed by atoms with Gasteiger partial charge in [0.1, 0.15) is 24.1 Å². The van der Waals surface area contributed by atoms with Crippen molar-refractivity contribution in [3.05, 3.63) is 71.2 Å². The first-order valence-corrected chi connectivity index (χ1v) is 10.7. The number of hydrogen-bond donors (Lipinski definition) is 0. The highest BCUT2D eigenvalue weighted by atomic mass is 19.1. The van der Waals surface area contributed by atoms with Crippen molar-refractivity contribution in [2.75, 3.05) is 19.7 Å². The molecule has 2 aromatic rings. The fraction of sp³-hybridized carbons (Fsp3) is 0.360. The largest absolute Gasteiger partial charge is 0.473 e. The second-order valence-corrected chi connectivity index (χ2v) is 9.00. The molecule has 1 aliphatic heterocycles. The van der Waals surface area contributed by atoms with E-state index in [4.69, 9.17) is 9.47 Å². The number of allylic oxidation sites excluding steroid dienone is 1. The lowest BCUT2D eigenvalue weighted by Gasteiger charge is -2.46. The van der Waals surface area contributed by atoms with Crippen molar-refractivity contribution in [2.45, 2.75) is 32.5 Å². The predicted molar refractivity (Wildman–Crippen MR) is 117 cm³/mol. The van der Waals surface area contributed by atoms with Crippen molar-refractivity contribution in [3.8, 4) is 11.9 Å². The standard InChI is InChI=1S/C25H24FN3O4/c1-24(2)15-25(11-19(12-27)22(24)30)16-29(9-10-33-25)23(31)18-5-8-21(28-13-18)32-14-17-3-6-20(26)7-4-17/h3-8,11,13H,9-10,14-16H2,1-2H3. The van der Waals surface area contributed by atoms with Crippen molar-refractivity contribution in [1.29, 1.82) is 5.26 Å². The van der Waals surface area contributed by atoms with E-state index in [0.29, 0.717) is 31.0 Å². The van der Waals surface area contributed by atoms with Gasteiger partial charge in [-0.25, -0.2) is 9.37 Å². The number of carbonyl (C=O) groups excluding carboxylic acids is 2. The third-order valence-electron chi connectivity index (χ3n) is 5.91. The summed E-state index contributed by atoms with van der Waals surface area (Å²) < 4.78 is 24.6. The number of halogens is 1. The number of carbonyl (C=O) groups is 2. The molecular formula is C25H24FN3O4. The van der Waals surface area contributed by atoms with Crippen LogP contribution in [-0.4, -0.2) is 46.9 Å². The molecule has 1 spiro atoms. The summed E-state index contributed by atoms with van der Waals surface area (Å²) in [7, 11) is 0. The van der Waals surface area contributed by atoms with Gasteiger partial charge < -0.3 is 14.4 Å². The molecule has 1 amide bonds. The number of morpholine rings is 1. The van der Waals surface area contributed by atoms with Gasteiger partial charge in [0.05, 0.1) is 24.3 Å². The lowest BCUT2D eigenvalue weighted by molar-refractivity contribution is -0.134. The Morgan fingerprint density at radius 2 is 2.03 bits per heavy atom. The summed E-state index contributed by atoms with van der Waals surface area (Å²) in [5.74, 6) is -0.379. The lowest BCUT2D eigenvalue weighted by Crippen LogP contribution is -2.57. The zero-order valence-electron chi connectivity index (χ0n) is 18.5. The number of ether oxygens (including phenoxy) is 2. The smallest absolute Gasteiger partial charge is 0.255 e. The molecule has 1 atom stereocenters. The maximum atomic E-state index is 13.1. The summed E-state index contributed by atoms with van der Waals surface area (Å²) in [6.45, 7) is 4.76. The van der Waals surface area contributed by atoms with Crippen LogP contribution < -0.4 is 4.74 Å². The topological polar surface area (TPSA) is 92.5 Å². The minimum atomic E-state index is -0.873. The zero-order chi connectivity index (χ0) is 23.6. The maximum absolute atomic E-state index is 13.1. The van der Waals surface area contributed by atoms with Crippen LogP contribution in [0.2, 0.25) is 0 Å². The number of rotatable bonds is 4. The molecule has 0 saturated carbocycles. The van der Waals surface area contributed by atoms with Gasteiger partial charge in [-0.2, -0.15) is 5.26 Å². The van der Waals surface area contributed by atoms with Crippen LogP contribution >= 0.6 is 0 Å². The lowest BCUT2D eigenvalue weighted by atomic mass is 9.69. The molecule has 1 aromatic carbocycles. The molecule has 2 aliphatic rings. The SMILES string of the molecule is CC1(C)CC2(C=C(C#N)C1=O)CN(C(=O)c1ccc(OCc3ccc(F)cc3)nc1)CCO2. The first kappa shape index (κ1) is 22.6. The Bertz CT molecular complexity index is 1140. The molecule has 8 heteroatoms. The minimum absolute atomic E-state index is 0.0740. The van der Waals surface area contributed by atoms with Crippen LogP contribution in [0.15, 0.2) is 54.2 Å². The van der Waals surface area contributed by atoms with E-state index in [1.54, 1.807) is 49.1 Å². The number of amides is 1. The van der Waals surface area contributed by atoms with Crippen LogP contribution in [0.25, 0.3) is 0 Å². The Labute approximate surface area is 191 Å². The number of hydrogen-bond acceptors (Lipinski definition) is 6. The van der Waals surface area contributed by atoms with Gasteiger partial charge in [0.15, 0.2) is 5.78 Å². The van der Waals surface area contributed by atoms with Crippen LogP contribution in [0.4, 0.5) is 4.39 Å². The number of benzene rings is 1. The van der Waals surface area contributed by atoms with Gasteiger partial charge in [0.2, 0.25) is 5.88 Å². The molecule has 1 unspecified atom stereocenters. The second-order valence-electron chi connectivity index (χ2n) is 9.00. The molecule has 0 N–H and O–H groups in total. The number of Topliss-reactive ketones (excluding diaryl/α,β-unsaturated/α-hetero) is 1. The van der Waals surface area contributed by atoms with E-state index < -0.39 is 11.0 Å². The fourth-order valence-electron chi connectivity index (χ4n) is 4.34. The van der Waals surface area contributed by atoms with E-state index >= 15 is 0 Å². The molecule has 7 nitrogen and oxygen atoms in total. The van der Waals surface area contributed by atoms with E-state index in [1.165, 1.54) is 18.3 Å². The number of nitriles is 1. The van der Waals surface area contributed by atoms with E-state index in [9.17, 15) is 19.2 Å². The van der Waals surface area contributed by atoms with Gasteiger partial charge in [-0.3, -0.25) is 9.59 Å². The molecule has 1 fully saturated rings. The summed E-state index contributed by atoms with van der Waals surface area (Å²) in [5.41, 5.74) is -0.351. The molecule has 1 aromatic heterocycles. The van der Waals surface area contributed by atoms with Gasteiger partial charge in [-0.1, -0.05) is 26.0 Å². The second kappa shape index (κ2) is 8.75. The van der Waals surface area contributed by atoms with E-state index in [-0.39, 0.29) is 36.2 Å². The van der Waals surface area contributed by atoms with Gasteiger partial charge in [-0.15, -0.1) is 0 Å². The minimum Gasteiger partial charge on any atom is -0.473 e. The van der Waals surface area contributed by atoms with Crippen LogP contribution in [0.5, 0.6) is 5.88 Å². The predicted octanol–water partition coefficient (Wildman–Crippen LogP) is 3.46. The quantitative estimate of drug-likeness (QED) is 0.710. The average Bonchev–Trinajstić information content (AvgIpc) is 2.81. The van der Waals surface area contributed by atoms with Crippen molar-refractivity contribution >= 4 is 11.7 Å².